The van der Waals surface area contributed by atoms with Crippen LogP contribution in [0.1, 0.15) is 32.6 Å². The van der Waals surface area contributed by atoms with E-state index < -0.39 is 0 Å². The molecule has 0 amide bonds. The Hall–Kier alpha value is -0.0800. The van der Waals surface area contributed by atoms with E-state index in [0.29, 0.717) is 0 Å². The third kappa shape index (κ3) is 4.10. The molecule has 0 unspecified atom stereocenters. The van der Waals surface area contributed by atoms with Crippen LogP contribution in [0.5, 0.6) is 0 Å². The summed E-state index contributed by atoms with van der Waals surface area (Å²) in [5.41, 5.74) is 0. The Labute approximate surface area is 82.3 Å². The highest BCUT2D eigenvalue weighted by molar-refractivity contribution is 4.71. The molecule has 1 aliphatic rings. The fourth-order valence-corrected chi connectivity index (χ4v) is 2.10. The molecule has 0 bridgehead atoms. The second-order valence-corrected chi connectivity index (χ2v) is 4.07. The zero-order valence-electron chi connectivity index (χ0n) is 9.09. The molecule has 78 valence electrons. The van der Waals surface area contributed by atoms with Crippen molar-refractivity contribution >= 4 is 0 Å². The molecular formula is C11H23NO. The standard InChI is InChI=1S/C11H23NO/c1-3-7-12-8-4-11(5-9-12)6-10-13-2/h11H,3-10H2,1-2H3. The van der Waals surface area contributed by atoms with Crippen LogP contribution < -0.4 is 0 Å². The Morgan fingerprint density at radius 1 is 1.31 bits per heavy atom. The van der Waals surface area contributed by atoms with Crippen molar-refractivity contribution in [1.29, 1.82) is 0 Å². The molecule has 1 aliphatic heterocycles. The summed E-state index contributed by atoms with van der Waals surface area (Å²) in [5, 5.41) is 0. The lowest BCUT2D eigenvalue weighted by Gasteiger charge is -2.31. The maximum atomic E-state index is 5.11. The second-order valence-electron chi connectivity index (χ2n) is 4.07. The van der Waals surface area contributed by atoms with Gasteiger partial charge in [0.2, 0.25) is 0 Å². The Morgan fingerprint density at radius 2 is 2.00 bits per heavy atom. The molecule has 0 radical (unpaired) electrons. The van der Waals surface area contributed by atoms with Gasteiger partial charge in [-0.15, -0.1) is 0 Å². The third-order valence-electron chi connectivity index (χ3n) is 2.98. The zero-order chi connectivity index (χ0) is 9.52. The highest BCUT2D eigenvalue weighted by atomic mass is 16.5. The molecule has 0 aromatic carbocycles. The molecule has 0 saturated carbocycles. The molecule has 0 aliphatic carbocycles. The van der Waals surface area contributed by atoms with Crippen molar-refractivity contribution in [3.63, 3.8) is 0 Å². The minimum atomic E-state index is 0.924. The monoisotopic (exact) mass is 185 g/mol. The van der Waals surface area contributed by atoms with Crippen LogP contribution in [0, 0.1) is 5.92 Å². The van der Waals surface area contributed by atoms with E-state index in [1.54, 1.807) is 7.11 Å². The predicted octanol–water partition coefficient (Wildman–Crippen LogP) is 2.14. The number of ether oxygens (including phenoxy) is 1. The summed E-state index contributed by atoms with van der Waals surface area (Å²) >= 11 is 0. The van der Waals surface area contributed by atoms with E-state index in [-0.39, 0.29) is 0 Å². The van der Waals surface area contributed by atoms with Crippen molar-refractivity contribution in [1.82, 2.24) is 4.90 Å². The van der Waals surface area contributed by atoms with E-state index in [9.17, 15) is 0 Å². The van der Waals surface area contributed by atoms with Crippen LogP contribution in [0.3, 0.4) is 0 Å². The van der Waals surface area contributed by atoms with Crippen molar-refractivity contribution in [3.05, 3.63) is 0 Å². The van der Waals surface area contributed by atoms with Gasteiger partial charge >= 0.3 is 0 Å². The van der Waals surface area contributed by atoms with Crippen molar-refractivity contribution in [2.24, 2.45) is 5.92 Å². The van der Waals surface area contributed by atoms with Crippen molar-refractivity contribution in [2.45, 2.75) is 32.6 Å². The summed E-state index contributed by atoms with van der Waals surface area (Å²) in [6.45, 7) is 7.11. The van der Waals surface area contributed by atoms with Crippen LogP contribution in [-0.4, -0.2) is 38.3 Å². The number of piperidine rings is 1. The van der Waals surface area contributed by atoms with Gasteiger partial charge in [0, 0.05) is 13.7 Å². The number of methoxy groups -OCH3 is 1. The molecule has 0 spiro atoms. The summed E-state index contributed by atoms with van der Waals surface area (Å²) in [6, 6.07) is 0. The van der Waals surface area contributed by atoms with E-state index in [1.807, 2.05) is 0 Å². The van der Waals surface area contributed by atoms with E-state index in [4.69, 9.17) is 4.74 Å². The van der Waals surface area contributed by atoms with Crippen LogP contribution >= 0.6 is 0 Å². The maximum Gasteiger partial charge on any atom is 0.0464 e. The Kier molecular flexibility index (Phi) is 5.40. The van der Waals surface area contributed by atoms with Crippen LogP contribution in [-0.2, 0) is 4.74 Å². The number of nitrogens with zero attached hydrogens (tertiary/aromatic N) is 1. The lowest BCUT2D eigenvalue weighted by molar-refractivity contribution is 0.135. The molecule has 1 rings (SSSR count). The van der Waals surface area contributed by atoms with Crippen molar-refractivity contribution in [3.8, 4) is 0 Å². The molecule has 0 aromatic heterocycles. The second kappa shape index (κ2) is 6.39. The first kappa shape index (κ1) is 11.0. The van der Waals surface area contributed by atoms with Gasteiger partial charge in [0.15, 0.2) is 0 Å². The van der Waals surface area contributed by atoms with Gasteiger partial charge in [-0.2, -0.15) is 0 Å². The Morgan fingerprint density at radius 3 is 2.54 bits per heavy atom. The molecule has 0 N–H and O–H groups in total. The molecule has 0 aromatic rings. The first-order chi connectivity index (χ1) is 6.36. The zero-order valence-corrected chi connectivity index (χ0v) is 9.09. The molecular weight excluding hydrogens is 162 g/mol. The summed E-state index contributed by atoms with van der Waals surface area (Å²) in [4.78, 5) is 2.59. The minimum Gasteiger partial charge on any atom is -0.385 e. The average molecular weight is 185 g/mol. The number of hydrogen-bond acceptors (Lipinski definition) is 2. The first-order valence-corrected chi connectivity index (χ1v) is 5.58. The summed E-state index contributed by atoms with van der Waals surface area (Å²) < 4.78 is 5.11. The lowest BCUT2D eigenvalue weighted by Crippen LogP contribution is -2.34. The molecule has 13 heavy (non-hydrogen) atoms. The Balaban J connectivity index is 2.08. The molecule has 2 nitrogen and oxygen atoms in total. The normalized spacial score (nSPS) is 20.8. The summed E-state index contributed by atoms with van der Waals surface area (Å²) in [5.74, 6) is 0.924. The van der Waals surface area contributed by atoms with Crippen molar-refractivity contribution < 1.29 is 4.74 Å². The predicted molar refractivity (Wildman–Crippen MR) is 55.9 cm³/mol. The molecule has 2 heteroatoms. The van der Waals surface area contributed by atoms with Gasteiger partial charge in [-0.25, -0.2) is 0 Å². The minimum absolute atomic E-state index is 0.924. The first-order valence-electron chi connectivity index (χ1n) is 5.58. The third-order valence-corrected chi connectivity index (χ3v) is 2.98. The highest BCUT2D eigenvalue weighted by Crippen LogP contribution is 2.20. The van der Waals surface area contributed by atoms with E-state index in [0.717, 1.165) is 12.5 Å². The van der Waals surface area contributed by atoms with Crippen LogP contribution in [0.25, 0.3) is 0 Å². The van der Waals surface area contributed by atoms with Crippen molar-refractivity contribution in [2.75, 3.05) is 33.4 Å². The van der Waals surface area contributed by atoms with Gasteiger partial charge in [0.1, 0.15) is 0 Å². The number of hydrogen-bond donors (Lipinski definition) is 0. The highest BCUT2D eigenvalue weighted by Gasteiger charge is 2.17. The quantitative estimate of drug-likeness (QED) is 0.650. The number of likely N-dealkylation sites (tertiary alicyclic amines) is 1. The SMILES string of the molecule is CCCN1CCC(CCOC)CC1. The summed E-state index contributed by atoms with van der Waals surface area (Å²) in [6.07, 6.45) is 5.31. The van der Waals surface area contributed by atoms with Gasteiger partial charge in [0.05, 0.1) is 0 Å². The van der Waals surface area contributed by atoms with Gasteiger partial charge in [-0.3, -0.25) is 0 Å². The van der Waals surface area contributed by atoms with Crippen LogP contribution in [0.4, 0.5) is 0 Å². The molecule has 1 fully saturated rings. The average Bonchev–Trinajstić information content (AvgIpc) is 2.17. The molecule has 0 atom stereocenters. The van der Waals surface area contributed by atoms with Crippen LogP contribution in [0.2, 0.25) is 0 Å². The van der Waals surface area contributed by atoms with Gasteiger partial charge < -0.3 is 9.64 Å². The van der Waals surface area contributed by atoms with E-state index >= 15 is 0 Å². The fourth-order valence-electron chi connectivity index (χ4n) is 2.10. The number of rotatable bonds is 5. The topological polar surface area (TPSA) is 12.5 Å². The van der Waals surface area contributed by atoms with Gasteiger partial charge in [-0.05, 0) is 51.2 Å². The largest absolute Gasteiger partial charge is 0.385 e. The van der Waals surface area contributed by atoms with E-state index in [1.165, 1.54) is 45.3 Å². The molecule has 1 saturated heterocycles. The van der Waals surface area contributed by atoms with Gasteiger partial charge in [-0.1, -0.05) is 6.92 Å². The van der Waals surface area contributed by atoms with Gasteiger partial charge in [0.25, 0.3) is 0 Å². The smallest absolute Gasteiger partial charge is 0.0464 e. The lowest BCUT2D eigenvalue weighted by atomic mass is 9.94. The fraction of sp³-hybridized carbons (Fsp3) is 1.00. The van der Waals surface area contributed by atoms with E-state index in [2.05, 4.69) is 11.8 Å². The van der Waals surface area contributed by atoms with Crippen LogP contribution in [0.15, 0.2) is 0 Å². The summed E-state index contributed by atoms with van der Waals surface area (Å²) in [7, 11) is 1.80. The molecule has 1 heterocycles. The Bertz CT molecular complexity index is 119. The maximum absolute atomic E-state index is 5.11.